The highest BCUT2D eigenvalue weighted by Crippen LogP contribution is 2.36. The van der Waals surface area contributed by atoms with Crippen molar-refractivity contribution < 1.29 is 18.0 Å². The van der Waals surface area contributed by atoms with Crippen LogP contribution in [0.1, 0.15) is 15.9 Å². The van der Waals surface area contributed by atoms with Gasteiger partial charge in [-0.2, -0.15) is 13.2 Å². The molecule has 1 heterocycles. The number of halogens is 3. The lowest BCUT2D eigenvalue weighted by Gasteiger charge is -2.14. The molecule has 1 aromatic carbocycles. The normalized spacial score (nSPS) is 11.2. The van der Waals surface area contributed by atoms with Crippen LogP contribution in [0.5, 0.6) is 0 Å². The number of nitrogens with one attached hydrogen (secondary N) is 2. The first-order chi connectivity index (χ1) is 9.77. The van der Waals surface area contributed by atoms with Crippen LogP contribution in [-0.4, -0.2) is 10.9 Å². The molecule has 21 heavy (non-hydrogen) atoms. The number of nitrogens with two attached hydrogens (primary N) is 1. The molecule has 0 atom stereocenters. The Morgan fingerprint density at radius 2 is 1.90 bits per heavy atom. The van der Waals surface area contributed by atoms with E-state index in [0.29, 0.717) is 0 Å². The molecule has 0 aliphatic heterocycles. The van der Waals surface area contributed by atoms with Crippen molar-refractivity contribution in [1.82, 2.24) is 4.98 Å². The average Bonchev–Trinajstić information content (AvgIpc) is 2.40. The molecular formula is C13H10F3N3O2. The Balaban J connectivity index is 2.33. The third kappa shape index (κ3) is 3.41. The lowest BCUT2D eigenvalue weighted by atomic mass is 10.1. The van der Waals surface area contributed by atoms with Crippen molar-refractivity contribution in [1.29, 1.82) is 0 Å². The maximum atomic E-state index is 12.9. The van der Waals surface area contributed by atoms with Crippen LogP contribution in [0, 0.1) is 0 Å². The molecule has 0 spiro atoms. The standard InChI is InChI=1S/C13H10F3N3O2/c14-13(15,16)9-5-8(17)2-3-10(9)19-12(21)7-1-4-11(20)18-6-7/h1-6H,17H2,(H,18,20)(H,19,21). The smallest absolute Gasteiger partial charge is 0.399 e. The second-order valence-corrected chi connectivity index (χ2v) is 4.20. The lowest BCUT2D eigenvalue weighted by molar-refractivity contribution is -0.136. The minimum absolute atomic E-state index is 0.0274. The van der Waals surface area contributed by atoms with Gasteiger partial charge in [0.05, 0.1) is 16.8 Å². The van der Waals surface area contributed by atoms with Gasteiger partial charge in [-0.3, -0.25) is 9.59 Å². The number of anilines is 2. The number of nitrogen functional groups attached to an aromatic ring is 1. The molecule has 0 unspecified atom stereocenters. The average molecular weight is 297 g/mol. The zero-order valence-electron chi connectivity index (χ0n) is 10.5. The largest absolute Gasteiger partial charge is 0.418 e. The predicted octanol–water partition coefficient (Wildman–Crippen LogP) is 2.23. The highest BCUT2D eigenvalue weighted by atomic mass is 19.4. The summed E-state index contributed by atoms with van der Waals surface area (Å²) < 4.78 is 38.6. The number of pyridine rings is 1. The van der Waals surface area contributed by atoms with Crippen molar-refractivity contribution in [2.24, 2.45) is 0 Å². The number of aromatic amines is 1. The summed E-state index contributed by atoms with van der Waals surface area (Å²) in [6, 6.07) is 5.36. The van der Waals surface area contributed by atoms with Gasteiger partial charge in [0, 0.05) is 18.0 Å². The number of amides is 1. The maximum Gasteiger partial charge on any atom is 0.418 e. The van der Waals surface area contributed by atoms with Gasteiger partial charge in [0.15, 0.2) is 0 Å². The van der Waals surface area contributed by atoms with Crippen molar-refractivity contribution in [2.75, 3.05) is 11.1 Å². The molecule has 0 bridgehead atoms. The van der Waals surface area contributed by atoms with Gasteiger partial charge < -0.3 is 16.0 Å². The molecule has 1 aromatic heterocycles. The fourth-order valence-electron chi connectivity index (χ4n) is 1.65. The van der Waals surface area contributed by atoms with Crippen LogP contribution >= 0.6 is 0 Å². The molecule has 0 aliphatic rings. The Labute approximate surface area is 116 Å². The van der Waals surface area contributed by atoms with Gasteiger partial charge >= 0.3 is 6.18 Å². The van der Waals surface area contributed by atoms with Gasteiger partial charge in [0.1, 0.15) is 0 Å². The number of carbonyl (C=O) groups is 1. The monoisotopic (exact) mass is 297 g/mol. The number of H-pyrrole nitrogens is 1. The summed E-state index contributed by atoms with van der Waals surface area (Å²) in [6.45, 7) is 0. The topological polar surface area (TPSA) is 88.0 Å². The Morgan fingerprint density at radius 3 is 2.48 bits per heavy atom. The number of alkyl halides is 3. The number of rotatable bonds is 2. The Bertz CT molecular complexity index is 718. The summed E-state index contributed by atoms with van der Waals surface area (Å²) in [5.41, 5.74) is 3.42. The van der Waals surface area contributed by atoms with E-state index in [4.69, 9.17) is 5.73 Å². The summed E-state index contributed by atoms with van der Waals surface area (Å²) in [5.74, 6) is -0.776. The van der Waals surface area contributed by atoms with E-state index in [-0.39, 0.29) is 11.3 Å². The number of aromatic nitrogens is 1. The van der Waals surface area contributed by atoms with Crippen molar-refractivity contribution in [3.63, 3.8) is 0 Å². The predicted molar refractivity (Wildman–Crippen MR) is 70.9 cm³/mol. The molecule has 8 heteroatoms. The molecule has 1 amide bonds. The van der Waals surface area contributed by atoms with Gasteiger partial charge in [-0.25, -0.2) is 0 Å². The zero-order chi connectivity index (χ0) is 15.6. The van der Waals surface area contributed by atoms with Gasteiger partial charge in [-0.05, 0) is 24.3 Å². The first-order valence-electron chi connectivity index (χ1n) is 5.74. The van der Waals surface area contributed by atoms with Crippen LogP contribution in [0.25, 0.3) is 0 Å². The number of hydrogen-bond donors (Lipinski definition) is 3. The molecule has 0 saturated carbocycles. The number of hydrogen-bond acceptors (Lipinski definition) is 3. The van der Waals surface area contributed by atoms with E-state index in [0.717, 1.165) is 24.4 Å². The van der Waals surface area contributed by atoms with E-state index in [2.05, 4.69) is 10.3 Å². The molecule has 0 saturated heterocycles. The Kier molecular flexibility index (Phi) is 3.70. The molecule has 4 N–H and O–H groups in total. The first kappa shape index (κ1) is 14.6. The molecule has 5 nitrogen and oxygen atoms in total. The van der Waals surface area contributed by atoms with E-state index in [1.54, 1.807) is 0 Å². The molecule has 0 fully saturated rings. The zero-order valence-corrected chi connectivity index (χ0v) is 10.5. The Morgan fingerprint density at radius 1 is 1.19 bits per heavy atom. The molecule has 2 rings (SSSR count). The summed E-state index contributed by atoms with van der Waals surface area (Å²) >= 11 is 0. The minimum Gasteiger partial charge on any atom is -0.399 e. The maximum absolute atomic E-state index is 12.9. The Hall–Kier alpha value is -2.77. The van der Waals surface area contributed by atoms with Crippen LogP contribution in [0.3, 0.4) is 0 Å². The molecular weight excluding hydrogens is 287 g/mol. The fraction of sp³-hybridized carbons (Fsp3) is 0.0769. The highest BCUT2D eigenvalue weighted by Gasteiger charge is 2.34. The van der Waals surface area contributed by atoms with Crippen LogP contribution in [0.4, 0.5) is 24.5 Å². The minimum atomic E-state index is -4.65. The van der Waals surface area contributed by atoms with Gasteiger partial charge in [0.25, 0.3) is 5.91 Å². The second kappa shape index (κ2) is 5.31. The van der Waals surface area contributed by atoms with Gasteiger partial charge in [-0.1, -0.05) is 0 Å². The summed E-state index contributed by atoms with van der Waals surface area (Å²) in [7, 11) is 0. The van der Waals surface area contributed by atoms with E-state index in [1.807, 2.05) is 0 Å². The van der Waals surface area contributed by atoms with E-state index in [9.17, 15) is 22.8 Å². The van der Waals surface area contributed by atoms with Crippen molar-refractivity contribution in [2.45, 2.75) is 6.18 Å². The van der Waals surface area contributed by atoms with Crippen LogP contribution in [-0.2, 0) is 6.18 Å². The molecule has 2 aromatic rings. The first-order valence-corrected chi connectivity index (χ1v) is 5.74. The van der Waals surface area contributed by atoms with Crippen molar-refractivity contribution >= 4 is 17.3 Å². The van der Waals surface area contributed by atoms with Crippen LogP contribution in [0.2, 0.25) is 0 Å². The fourth-order valence-corrected chi connectivity index (χ4v) is 1.65. The summed E-state index contributed by atoms with van der Waals surface area (Å²) in [5, 5.41) is 2.14. The number of benzene rings is 1. The van der Waals surface area contributed by atoms with E-state index < -0.39 is 28.9 Å². The molecule has 0 aliphatic carbocycles. The van der Waals surface area contributed by atoms with Crippen LogP contribution < -0.4 is 16.6 Å². The SMILES string of the molecule is Nc1ccc(NC(=O)c2ccc(=O)[nH]c2)c(C(F)(F)F)c1. The molecule has 0 radical (unpaired) electrons. The van der Waals surface area contributed by atoms with Crippen molar-refractivity contribution in [3.05, 3.63) is 58.0 Å². The number of carbonyl (C=O) groups excluding carboxylic acids is 1. The third-order valence-corrected chi connectivity index (χ3v) is 2.64. The van der Waals surface area contributed by atoms with Gasteiger partial charge in [0.2, 0.25) is 5.56 Å². The summed E-state index contributed by atoms with van der Waals surface area (Å²) in [6.07, 6.45) is -3.54. The van der Waals surface area contributed by atoms with Crippen LogP contribution in [0.15, 0.2) is 41.3 Å². The summed E-state index contributed by atoms with van der Waals surface area (Å²) in [4.78, 5) is 25.0. The van der Waals surface area contributed by atoms with Crippen molar-refractivity contribution in [3.8, 4) is 0 Å². The second-order valence-electron chi connectivity index (χ2n) is 4.20. The van der Waals surface area contributed by atoms with Gasteiger partial charge in [-0.15, -0.1) is 0 Å². The third-order valence-electron chi connectivity index (χ3n) is 2.64. The molecule has 110 valence electrons. The van der Waals surface area contributed by atoms with E-state index >= 15 is 0 Å². The quantitative estimate of drug-likeness (QED) is 0.743. The lowest BCUT2D eigenvalue weighted by Crippen LogP contribution is -2.18. The van der Waals surface area contributed by atoms with E-state index in [1.165, 1.54) is 12.1 Å². The highest BCUT2D eigenvalue weighted by molar-refractivity contribution is 6.04.